The number of carbonyl (C=O) groups excluding carboxylic acids is 1. The van der Waals surface area contributed by atoms with Crippen molar-refractivity contribution in [1.82, 2.24) is 19.2 Å². The molecular weight excluding hydrogens is 258 g/mol. The van der Waals surface area contributed by atoms with Crippen LogP contribution in [-0.2, 0) is 21.9 Å². The molecule has 18 heavy (non-hydrogen) atoms. The summed E-state index contributed by atoms with van der Waals surface area (Å²) in [4.78, 5) is 14.8. The fourth-order valence-corrected chi connectivity index (χ4v) is 2.76. The van der Waals surface area contributed by atoms with E-state index >= 15 is 0 Å². The molecule has 0 saturated heterocycles. The van der Waals surface area contributed by atoms with Crippen LogP contribution in [0.25, 0.3) is 0 Å². The fraction of sp³-hybridized carbons (Fsp3) is 0.556. The summed E-state index contributed by atoms with van der Waals surface area (Å²) in [6.45, 7) is 0.0760. The van der Waals surface area contributed by atoms with Crippen molar-refractivity contribution in [2.75, 3.05) is 26.4 Å². The number of sulfonamides is 1. The van der Waals surface area contributed by atoms with Gasteiger partial charge in [0, 0.05) is 34.1 Å². The lowest BCUT2D eigenvalue weighted by atomic mass is 10.4. The van der Waals surface area contributed by atoms with Gasteiger partial charge in [0.2, 0.25) is 5.91 Å². The van der Waals surface area contributed by atoms with Crippen molar-refractivity contribution in [3.8, 4) is 0 Å². The molecule has 0 aliphatic heterocycles. The monoisotopic (exact) mass is 275 g/mol. The quantitative estimate of drug-likeness (QED) is 0.698. The summed E-state index contributed by atoms with van der Waals surface area (Å²) < 4.78 is 26.8. The Labute approximate surface area is 106 Å². The molecule has 1 amide bonds. The molecule has 0 aromatic carbocycles. The number of imidazole rings is 1. The van der Waals surface area contributed by atoms with Crippen LogP contribution in [0, 0.1) is 0 Å². The number of nitrogens with two attached hydrogens (primary N) is 1. The first-order valence-corrected chi connectivity index (χ1v) is 6.68. The van der Waals surface area contributed by atoms with Gasteiger partial charge in [-0.3, -0.25) is 4.79 Å². The number of nitrogens with one attached hydrogen (secondary N) is 1. The maximum absolute atomic E-state index is 12.2. The number of carbonyl (C=O) groups is 1. The fourth-order valence-electron chi connectivity index (χ4n) is 1.40. The summed E-state index contributed by atoms with van der Waals surface area (Å²) in [5.41, 5.74) is 5.53. The molecule has 3 N–H and O–H groups in total. The lowest BCUT2D eigenvalue weighted by Crippen LogP contribution is -2.32. The Hall–Kier alpha value is -1.61. The molecule has 0 unspecified atom stereocenters. The summed E-state index contributed by atoms with van der Waals surface area (Å²) in [7, 11) is 0.702. The van der Waals surface area contributed by atoms with Crippen molar-refractivity contribution < 1.29 is 13.2 Å². The summed E-state index contributed by atoms with van der Waals surface area (Å²) >= 11 is 0. The first-order valence-electron chi connectivity index (χ1n) is 5.24. The maximum atomic E-state index is 12.2. The number of nitrogens with zero attached hydrogens (tertiary/aromatic N) is 3. The average Bonchev–Trinajstić information content (AvgIpc) is 2.65. The highest BCUT2D eigenvalue weighted by atomic mass is 32.2. The van der Waals surface area contributed by atoms with Crippen LogP contribution in [0.15, 0.2) is 11.4 Å². The van der Waals surface area contributed by atoms with Gasteiger partial charge in [-0.05, 0) is 0 Å². The zero-order valence-corrected chi connectivity index (χ0v) is 11.4. The molecule has 1 rings (SSSR count). The van der Waals surface area contributed by atoms with Crippen LogP contribution in [0.1, 0.15) is 6.42 Å². The van der Waals surface area contributed by atoms with Crippen molar-refractivity contribution in [2.24, 2.45) is 7.05 Å². The Morgan fingerprint density at radius 1 is 1.61 bits per heavy atom. The van der Waals surface area contributed by atoms with Crippen LogP contribution in [0.5, 0.6) is 0 Å². The molecular formula is C9H17N5O3S. The summed E-state index contributed by atoms with van der Waals surface area (Å²) in [5, 5.41) is 2.36. The predicted octanol–water partition coefficient (Wildman–Crippen LogP) is -1.24. The van der Waals surface area contributed by atoms with E-state index in [9.17, 15) is 13.2 Å². The Morgan fingerprint density at radius 2 is 2.22 bits per heavy atom. The van der Waals surface area contributed by atoms with E-state index in [1.54, 1.807) is 7.05 Å². The highest BCUT2D eigenvalue weighted by molar-refractivity contribution is 7.89. The normalized spacial score (nSPS) is 11.8. The van der Waals surface area contributed by atoms with Crippen molar-refractivity contribution in [1.29, 1.82) is 0 Å². The molecule has 0 fully saturated rings. The van der Waals surface area contributed by atoms with E-state index < -0.39 is 10.0 Å². The van der Waals surface area contributed by atoms with Crippen molar-refractivity contribution >= 4 is 21.7 Å². The van der Waals surface area contributed by atoms with E-state index in [4.69, 9.17) is 5.73 Å². The van der Waals surface area contributed by atoms with Gasteiger partial charge in [0.05, 0.1) is 6.33 Å². The standard InChI is InChI=1S/C9H17N5O3S/c1-11-7(15)4-5-14(3)18(16,17)9-8(10)12-6-13(9)2/h6H,4-5,10H2,1-3H3,(H,11,15). The largest absolute Gasteiger partial charge is 0.381 e. The smallest absolute Gasteiger partial charge is 0.262 e. The molecule has 1 aromatic rings. The van der Waals surface area contributed by atoms with Crippen LogP contribution in [-0.4, -0.2) is 48.8 Å². The van der Waals surface area contributed by atoms with Gasteiger partial charge in [-0.25, -0.2) is 13.4 Å². The molecule has 0 bridgehead atoms. The number of nitrogen functional groups attached to an aromatic ring is 1. The van der Waals surface area contributed by atoms with Crippen LogP contribution >= 0.6 is 0 Å². The number of aryl methyl sites for hydroxylation is 1. The van der Waals surface area contributed by atoms with Crippen LogP contribution in [0.2, 0.25) is 0 Å². The molecule has 0 aliphatic carbocycles. The number of hydrogen-bond donors (Lipinski definition) is 2. The van der Waals surface area contributed by atoms with Gasteiger partial charge in [-0.1, -0.05) is 0 Å². The van der Waals surface area contributed by atoms with Gasteiger partial charge < -0.3 is 15.6 Å². The highest BCUT2D eigenvalue weighted by Gasteiger charge is 2.27. The SMILES string of the molecule is CNC(=O)CCN(C)S(=O)(=O)c1c(N)ncn1C. The minimum atomic E-state index is -3.73. The second-order valence-electron chi connectivity index (χ2n) is 3.80. The minimum absolute atomic E-state index is 0.0516. The lowest BCUT2D eigenvalue weighted by molar-refractivity contribution is -0.120. The first kappa shape index (κ1) is 14.5. The molecule has 1 aromatic heterocycles. The zero-order chi connectivity index (χ0) is 13.9. The van der Waals surface area contributed by atoms with Gasteiger partial charge >= 0.3 is 0 Å². The third-order valence-corrected chi connectivity index (χ3v) is 4.49. The van der Waals surface area contributed by atoms with E-state index in [1.165, 1.54) is 25.0 Å². The molecule has 8 nitrogen and oxygen atoms in total. The molecule has 0 radical (unpaired) electrons. The highest BCUT2D eigenvalue weighted by Crippen LogP contribution is 2.19. The van der Waals surface area contributed by atoms with E-state index in [2.05, 4.69) is 10.3 Å². The number of rotatable bonds is 5. The molecule has 0 aliphatic rings. The van der Waals surface area contributed by atoms with Crippen LogP contribution < -0.4 is 11.1 Å². The summed E-state index contributed by atoms with van der Waals surface area (Å²) in [6.07, 6.45) is 1.42. The number of anilines is 1. The Morgan fingerprint density at radius 3 is 2.67 bits per heavy atom. The molecule has 102 valence electrons. The summed E-state index contributed by atoms with van der Waals surface area (Å²) in [6, 6.07) is 0. The number of aromatic nitrogens is 2. The van der Waals surface area contributed by atoms with E-state index in [0.29, 0.717) is 0 Å². The number of hydrogen-bond acceptors (Lipinski definition) is 5. The zero-order valence-electron chi connectivity index (χ0n) is 10.5. The van der Waals surface area contributed by atoms with Crippen molar-refractivity contribution in [2.45, 2.75) is 11.4 Å². The average molecular weight is 275 g/mol. The van der Waals surface area contributed by atoms with Crippen molar-refractivity contribution in [3.05, 3.63) is 6.33 Å². The third kappa shape index (κ3) is 2.79. The third-order valence-electron chi connectivity index (χ3n) is 2.50. The molecule has 1 heterocycles. The van der Waals surface area contributed by atoms with Crippen LogP contribution in [0.4, 0.5) is 5.82 Å². The molecule has 0 saturated carbocycles. The van der Waals surface area contributed by atoms with E-state index in [-0.39, 0.29) is 29.7 Å². The maximum Gasteiger partial charge on any atom is 0.262 e. The topological polar surface area (TPSA) is 110 Å². The van der Waals surface area contributed by atoms with E-state index in [0.717, 1.165) is 4.31 Å². The van der Waals surface area contributed by atoms with Gasteiger partial charge in [0.15, 0.2) is 10.8 Å². The Kier molecular flexibility index (Phi) is 4.30. The Bertz CT molecular complexity index is 517. The Balaban J connectivity index is 2.91. The molecule has 9 heteroatoms. The predicted molar refractivity (Wildman–Crippen MR) is 66.1 cm³/mol. The molecule has 0 spiro atoms. The van der Waals surface area contributed by atoms with Gasteiger partial charge in [0.1, 0.15) is 0 Å². The second-order valence-corrected chi connectivity index (χ2v) is 5.76. The van der Waals surface area contributed by atoms with Gasteiger partial charge in [-0.15, -0.1) is 0 Å². The van der Waals surface area contributed by atoms with Gasteiger partial charge in [-0.2, -0.15) is 4.31 Å². The van der Waals surface area contributed by atoms with E-state index in [1.807, 2.05) is 0 Å². The lowest BCUT2D eigenvalue weighted by Gasteiger charge is -2.17. The van der Waals surface area contributed by atoms with Crippen molar-refractivity contribution in [3.63, 3.8) is 0 Å². The second kappa shape index (κ2) is 5.36. The summed E-state index contributed by atoms with van der Waals surface area (Å²) in [5.74, 6) is -0.278. The van der Waals surface area contributed by atoms with Crippen LogP contribution in [0.3, 0.4) is 0 Å². The first-order chi connectivity index (χ1) is 8.30. The van der Waals surface area contributed by atoms with Gasteiger partial charge in [0.25, 0.3) is 10.0 Å². The molecule has 0 atom stereocenters. The minimum Gasteiger partial charge on any atom is -0.381 e. The number of amides is 1.